The SMILES string of the molecule is O=C(O)C[C@@H]1C(=O)O[C@H]2[C@@H]3OC(=O)c4cc(O)c(O)c(O)c4-c4c(cc(O)c(O)c4O)C(=O)OC[C@H]2O[C@@H](OC(=O)c2cc(O)c(O)c(O)c2)[C@@H]3OC(=O)c2cc(O)c(O)c3c2[C@H]1[C@H](O)C(=O)O3. The first-order valence-corrected chi connectivity index (χ1v) is 19.2. The first kappa shape index (κ1) is 45.5. The van der Waals surface area contributed by atoms with E-state index in [4.69, 9.17) is 33.2 Å². The maximum Gasteiger partial charge on any atom is 0.341 e. The van der Waals surface area contributed by atoms with Gasteiger partial charge in [0, 0.05) is 22.6 Å². The predicted molar refractivity (Wildman–Crippen MR) is 206 cm³/mol. The highest BCUT2D eigenvalue weighted by atomic mass is 16.7. The molecule has 0 radical (unpaired) electrons. The number of benzene rings is 4. The molecule has 27 heteroatoms. The van der Waals surface area contributed by atoms with E-state index in [1.807, 2.05) is 0 Å². The summed E-state index contributed by atoms with van der Waals surface area (Å²) < 4.78 is 38.8. The number of hydrogen-bond donors (Lipinski definition) is 13. The van der Waals surface area contributed by atoms with E-state index in [0.717, 1.165) is 0 Å². The standard InChI is InChI=1S/C41H30O27/c42-13-1-8(2-14(43)24(13)49)35(56)68-41-34-33-31(64-39(60)12(6-19(47)48)22-23-11(38(59)67-34)5-17(46)27(52)32(23)65-40(61)30(22)55)18(63-41)7-62-36(57)9-3-15(44)25(50)28(53)20(9)21-10(37(58)66-33)4-16(45)26(51)29(21)54/h1-5,12,18,22,30-31,33-34,41-46,49-55H,6-7H2,(H,47,48)/t12-,18+,22-,30-,31+,33-,34+,41-/m0/s1. The zero-order valence-electron chi connectivity index (χ0n) is 33.4. The van der Waals surface area contributed by atoms with Gasteiger partial charge in [-0.15, -0.1) is 0 Å². The lowest BCUT2D eigenvalue weighted by atomic mass is 9.76. The van der Waals surface area contributed by atoms with Crippen LogP contribution in [0.5, 0.6) is 69.0 Å². The molecule has 13 N–H and O–H groups in total. The predicted octanol–water partition coefficient (Wildman–Crippen LogP) is -0.00170. The molecule has 4 aliphatic heterocycles. The summed E-state index contributed by atoms with van der Waals surface area (Å²) >= 11 is 0. The van der Waals surface area contributed by atoms with E-state index >= 15 is 0 Å². The van der Waals surface area contributed by atoms with E-state index in [0.29, 0.717) is 30.3 Å². The maximum absolute atomic E-state index is 14.6. The van der Waals surface area contributed by atoms with Crippen LogP contribution < -0.4 is 4.74 Å². The molecule has 0 aromatic heterocycles. The van der Waals surface area contributed by atoms with Crippen molar-refractivity contribution in [3.63, 3.8) is 0 Å². The number of hydrogen-bond acceptors (Lipinski definition) is 26. The minimum atomic E-state index is -2.58. The number of carboxylic acids is 1. The van der Waals surface area contributed by atoms with Crippen LogP contribution in [0, 0.1) is 5.92 Å². The third-order valence-electron chi connectivity index (χ3n) is 11.2. The Morgan fingerprint density at radius 3 is 1.69 bits per heavy atom. The summed E-state index contributed by atoms with van der Waals surface area (Å²) in [7, 11) is 0. The Bertz CT molecular complexity index is 2900. The fourth-order valence-corrected chi connectivity index (χ4v) is 8.04. The number of rotatable bonds is 4. The van der Waals surface area contributed by atoms with Gasteiger partial charge in [0.25, 0.3) is 0 Å². The maximum atomic E-state index is 14.6. The molecule has 356 valence electrons. The summed E-state index contributed by atoms with van der Waals surface area (Å²) in [6.45, 7) is -1.31. The molecular weight excluding hydrogens is 924 g/mol. The molecule has 4 bridgehead atoms. The van der Waals surface area contributed by atoms with Crippen molar-refractivity contribution in [1.29, 1.82) is 0 Å². The van der Waals surface area contributed by atoms with Gasteiger partial charge < -0.3 is 99.5 Å². The molecule has 0 saturated carbocycles. The van der Waals surface area contributed by atoms with Crippen LogP contribution in [0.25, 0.3) is 11.1 Å². The van der Waals surface area contributed by atoms with Gasteiger partial charge in [-0.2, -0.15) is 0 Å². The number of cyclic esters (lactones) is 1. The second-order valence-electron chi connectivity index (χ2n) is 15.2. The first-order chi connectivity index (χ1) is 32.0. The average molecular weight is 955 g/mol. The Labute approximate surface area is 374 Å². The number of fused-ring (bicyclic) bond motifs is 3. The molecule has 68 heavy (non-hydrogen) atoms. The Balaban J connectivity index is 1.39. The lowest BCUT2D eigenvalue weighted by Gasteiger charge is -2.44. The molecule has 4 aliphatic rings. The number of carbonyl (C=O) groups excluding carboxylic acids is 6. The summed E-state index contributed by atoms with van der Waals surface area (Å²) in [6.07, 6.45) is -16.3. The van der Waals surface area contributed by atoms with Gasteiger partial charge in [-0.1, -0.05) is 0 Å². The summed E-state index contributed by atoms with van der Waals surface area (Å²) in [5.74, 6) is -32.0. The van der Waals surface area contributed by atoms with Crippen molar-refractivity contribution in [1.82, 2.24) is 0 Å². The lowest BCUT2D eigenvalue weighted by molar-refractivity contribution is -0.287. The van der Waals surface area contributed by atoms with Crippen molar-refractivity contribution in [3.05, 3.63) is 58.1 Å². The molecule has 4 aromatic rings. The van der Waals surface area contributed by atoms with E-state index in [9.17, 15) is 99.9 Å². The second-order valence-corrected chi connectivity index (χ2v) is 15.2. The molecule has 0 amide bonds. The molecule has 1 fully saturated rings. The summed E-state index contributed by atoms with van der Waals surface area (Å²) in [5, 5.41) is 137. The van der Waals surface area contributed by atoms with Crippen LogP contribution in [0.4, 0.5) is 0 Å². The molecule has 4 aromatic carbocycles. The van der Waals surface area contributed by atoms with Crippen molar-refractivity contribution < 1.29 is 133 Å². The minimum absolute atomic E-state index is 0.361. The number of aliphatic hydroxyl groups is 1. The number of aliphatic hydroxyl groups excluding tert-OH is 1. The van der Waals surface area contributed by atoms with E-state index in [1.165, 1.54) is 0 Å². The van der Waals surface area contributed by atoms with Crippen molar-refractivity contribution >= 4 is 41.8 Å². The number of ether oxygens (including phenoxy) is 7. The van der Waals surface area contributed by atoms with Crippen LogP contribution in [-0.4, -0.2) is 152 Å². The molecule has 27 nitrogen and oxygen atoms in total. The summed E-state index contributed by atoms with van der Waals surface area (Å²) in [5.41, 5.74) is -7.08. The number of carboxylic acid groups (broad SMARTS) is 1. The van der Waals surface area contributed by atoms with Gasteiger partial charge in [0.1, 0.15) is 12.7 Å². The monoisotopic (exact) mass is 954 g/mol. The van der Waals surface area contributed by atoms with Gasteiger partial charge in [0.05, 0.1) is 34.6 Å². The van der Waals surface area contributed by atoms with Crippen molar-refractivity contribution in [2.75, 3.05) is 6.61 Å². The van der Waals surface area contributed by atoms with Crippen LogP contribution >= 0.6 is 0 Å². The van der Waals surface area contributed by atoms with Gasteiger partial charge in [-0.25, -0.2) is 24.0 Å². The molecule has 0 aliphatic carbocycles. The van der Waals surface area contributed by atoms with Crippen LogP contribution in [0.1, 0.15) is 59.3 Å². The van der Waals surface area contributed by atoms with Gasteiger partial charge in [-0.05, 0) is 30.3 Å². The normalized spacial score (nSPS) is 24.3. The summed E-state index contributed by atoms with van der Waals surface area (Å²) in [4.78, 5) is 96.8. The van der Waals surface area contributed by atoms with Crippen molar-refractivity contribution in [2.45, 2.75) is 49.1 Å². The van der Waals surface area contributed by atoms with E-state index in [2.05, 4.69) is 0 Å². The number of carbonyl (C=O) groups is 7. The lowest BCUT2D eigenvalue weighted by Crippen LogP contribution is -2.63. The van der Waals surface area contributed by atoms with Gasteiger partial charge in [0.2, 0.25) is 29.6 Å². The van der Waals surface area contributed by atoms with Crippen LogP contribution in [0.15, 0.2) is 30.3 Å². The third kappa shape index (κ3) is 7.31. The molecule has 8 atom stereocenters. The number of aliphatic carboxylic acids is 1. The summed E-state index contributed by atoms with van der Waals surface area (Å²) in [6, 6.07) is 2.36. The highest BCUT2D eigenvalue weighted by Gasteiger charge is 2.58. The first-order valence-electron chi connectivity index (χ1n) is 19.2. The van der Waals surface area contributed by atoms with Crippen LogP contribution in [-0.2, 0) is 42.8 Å². The largest absolute Gasteiger partial charge is 0.504 e. The third-order valence-corrected chi connectivity index (χ3v) is 11.2. The number of phenols is 11. The van der Waals surface area contributed by atoms with E-state index in [-0.39, 0.29) is 0 Å². The zero-order chi connectivity index (χ0) is 49.5. The molecule has 1 saturated heterocycles. The fourth-order valence-electron chi connectivity index (χ4n) is 8.04. The van der Waals surface area contributed by atoms with Gasteiger partial charge in [-0.3, -0.25) is 9.59 Å². The van der Waals surface area contributed by atoms with Crippen molar-refractivity contribution in [3.8, 4) is 80.1 Å². The quantitative estimate of drug-likeness (QED) is 0.0554. The van der Waals surface area contributed by atoms with E-state index < -0.39 is 211 Å². The molecule has 4 heterocycles. The number of phenolic OH excluding ortho intramolecular Hbond substituents is 11. The fraction of sp³-hybridized carbons (Fsp3) is 0.244. The molecule has 0 spiro atoms. The van der Waals surface area contributed by atoms with Gasteiger partial charge >= 0.3 is 41.8 Å². The Hall–Kier alpha value is -9.11. The Morgan fingerprint density at radius 1 is 0.588 bits per heavy atom. The smallest absolute Gasteiger partial charge is 0.341 e. The van der Waals surface area contributed by atoms with Crippen LogP contribution in [0.2, 0.25) is 0 Å². The average Bonchev–Trinajstić information content (AvgIpc) is 3.28. The van der Waals surface area contributed by atoms with Crippen LogP contribution in [0.3, 0.4) is 0 Å². The molecule has 0 unspecified atom stereocenters. The number of aromatic hydroxyl groups is 11. The van der Waals surface area contributed by atoms with E-state index in [1.54, 1.807) is 0 Å². The molecular formula is C41H30O27. The minimum Gasteiger partial charge on any atom is -0.504 e. The molecule has 8 rings (SSSR count). The zero-order valence-corrected chi connectivity index (χ0v) is 33.4. The second kappa shape index (κ2) is 16.4. The highest BCUT2D eigenvalue weighted by Crippen LogP contribution is 2.54. The Morgan fingerprint density at radius 2 is 1.10 bits per heavy atom. The highest BCUT2D eigenvalue weighted by molar-refractivity contribution is 6.08. The Kier molecular flexibility index (Phi) is 11.0. The number of esters is 6. The van der Waals surface area contributed by atoms with Crippen molar-refractivity contribution in [2.24, 2.45) is 5.92 Å². The van der Waals surface area contributed by atoms with Gasteiger partial charge in [0.15, 0.2) is 70.1 Å². The topological polar surface area (TPSA) is 447 Å².